The maximum absolute atomic E-state index is 10.4. The second kappa shape index (κ2) is 6.43. The molecule has 1 aromatic carbocycles. The molecule has 0 saturated carbocycles. The molecule has 0 heterocycles. The number of methoxy groups -OCH3 is 1. The first kappa shape index (κ1) is 12.9. The van der Waals surface area contributed by atoms with Crippen LogP contribution in [0.1, 0.15) is 18.1 Å². The number of aryl methyl sites for hydroxylation is 1. The third-order valence-corrected chi connectivity index (χ3v) is 3.21. The van der Waals surface area contributed by atoms with Crippen molar-refractivity contribution in [1.29, 1.82) is 0 Å². The van der Waals surface area contributed by atoms with Crippen molar-refractivity contribution in [1.82, 2.24) is 0 Å². The summed E-state index contributed by atoms with van der Waals surface area (Å²) in [6, 6.07) is 6.00. The van der Waals surface area contributed by atoms with Crippen LogP contribution in [0.3, 0.4) is 0 Å². The number of hydrogen-bond acceptors (Lipinski definition) is 3. The fourth-order valence-electron chi connectivity index (χ4n) is 1.45. The van der Waals surface area contributed by atoms with E-state index >= 15 is 0 Å². The number of thioether (sulfide) groups is 1. The standard InChI is InChI=1S/C12H16O3S/c1-3-10-6-9(4-5-11(10)15-2)7-16-8-12(13)14/h4-6H,3,7-8H2,1-2H3,(H,13,14). The second-order valence-corrected chi connectivity index (χ2v) is 4.37. The minimum atomic E-state index is -0.769. The Hall–Kier alpha value is -1.16. The first-order chi connectivity index (χ1) is 7.67. The second-order valence-electron chi connectivity index (χ2n) is 3.39. The van der Waals surface area contributed by atoms with Crippen molar-refractivity contribution in [3.63, 3.8) is 0 Å². The number of aliphatic carboxylic acids is 1. The summed E-state index contributed by atoms with van der Waals surface area (Å²) in [5, 5.41) is 8.53. The fraction of sp³-hybridized carbons (Fsp3) is 0.417. The van der Waals surface area contributed by atoms with E-state index in [1.807, 2.05) is 12.1 Å². The molecule has 1 rings (SSSR count). The number of carboxylic acid groups (broad SMARTS) is 1. The van der Waals surface area contributed by atoms with Gasteiger partial charge in [-0.15, -0.1) is 11.8 Å². The van der Waals surface area contributed by atoms with Crippen LogP contribution in [0.4, 0.5) is 0 Å². The lowest BCUT2D eigenvalue weighted by atomic mass is 10.1. The first-order valence-electron chi connectivity index (χ1n) is 5.12. The Labute approximate surface area is 99.8 Å². The van der Waals surface area contributed by atoms with E-state index in [0.717, 1.165) is 29.1 Å². The van der Waals surface area contributed by atoms with Crippen LogP contribution in [0.5, 0.6) is 5.75 Å². The first-order valence-corrected chi connectivity index (χ1v) is 6.28. The van der Waals surface area contributed by atoms with E-state index in [1.165, 1.54) is 11.8 Å². The summed E-state index contributed by atoms with van der Waals surface area (Å²) in [4.78, 5) is 10.4. The fourth-order valence-corrected chi connectivity index (χ4v) is 2.15. The minimum absolute atomic E-state index is 0.146. The molecule has 0 atom stereocenters. The van der Waals surface area contributed by atoms with E-state index in [1.54, 1.807) is 7.11 Å². The van der Waals surface area contributed by atoms with Crippen LogP contribution in [-0.2, 0) is 17.0 Å². The van der Waals surface area contributed by atoms with Crippen molar-refractivity contribution in [3.05, 3.63) is 29.3 Å². The highest BCUT2D eigenvalue weighted by molar-refractivity contribution is 7.99. The van der Waals surface area contributed by atoms with Gasteiger partial charge in [0.2, 0.25) is 0 Å². The normalized spacial score (nSPS) is 10.1. The van der Waals surface area contributed by atoms with E-state index in [0.29, 0.717) is 0 Å². The number of rotatable bonds is 6. The van der Waals surface area contributed by atoms with Gasteiger partial charge >= 0.3 is 5.97 Å². The summed E-state index contributed by atoms with van der Waals surface area (Å²) in [6.07, 6.45) is 0.917. The lowest BCUT2D eigenvalue weighted by Gasteiger charge is -2.08. The molecule has 88 valence electrons. The largest absolute Gasteiger partial charge is 0.496 e. The monoisotopic (exact) mass is 240 g/mol. The van der Waals surface area contributed by atoms with Crippen LogP contribution in [-0.4, -0.2) is 23.9 Å². The van der Waals surface area contributed by atoms with E-state index < -0.39 is 5.97 Å². The Morgan fingerprint density at radius 3 is 2.81 bits per heavy atom. The van der Waals surface area contributed by atoms with E-state index in [4.69, 9.17) is 9.84 Å². The number of ether oxygens (including phenoxy) is 1. The molecule has 0 aromatic heterocycles. The Morgan fingerprint density at radius 2 is 2.25 bits per heavy atom. The van der Waals surface area contributed by atoms with Crippen LogP contribution in [0.15, 0.2) is 18.2 Å². The molecule has 0 unspecified atom stereocenters. The summed E-state index contributed by atoms with van der Waals surface area (Å²) in [5.41, 5.74) is 2.31. The predicted octanol–water partition coefficient (Wildman–Crippen LogP) is 2.58. The van der Waals surface area contributed by atoms with Gasteiger partial charge in [-0.1, -0.05) is 19.1 Å². The molecule has 4 heteroatoms. The average Bonchev–Trinajstić information content (AvgIpc) is 2.28. The van der Waals surface area contributed by atoms with Gasteiger partial charge in [-0.3, -0.25) is 4.79 Å². The maximum atomic E-state index is 10.4. The van der Waals surface area contributed by atoms with Crippen LogP contribution in [0, 0.1) is 0 Å². The van der Waals surface area contributed by atoms with Crippen molar-refractivity contribution < 1.29 is 14.6 Å². The third kappa shape index (κ3) is 3.77. The smallest absolute Gasteiger partial charge is 0.313 e. The molecule has 0 aliphatic rings. The van der Waals surface area contributed by atoms with Crippen LogP contribution < -0.4 is 4.74 Å². The molecule has 0 spiro atoms. The Kier molecular flexibility index (Phi) is 5.19. The summed E-state index contributed by atoms with van der Waals surface area (Å²) >= 11 is 1.41. The molecule has 0 fully saturated rings. The van der Waals surface area contributed by atoms with Gasteiger partial charge < -0.3 is 9.84 Å². The Balaban J connectivity index is 2.64. The van der Waals surface area contributed by atoms with Crippen LogP contribution in [0.25, 0.3) is 0 Å². The highest BCUT2D eigenvalue weighted by Gasteiger charge is 2.03. The number of hydrogen-bond donors (Lipinski definition) is 1. The molecule has 0 bridgehead atoms. The SMILES string of the molecule is CCc1cc(CSCC(=O)O)ccc1OC. The molecule has 0 aliphatic heterocycles. The van der Waals surface area contributed by atoms with Crippen molar-refractivity contribution in [2.75, 3.05) is 12.9 Å². The van der Waals surface area contributed by atoms with Gasteiger partial charge in [-0.2, -0.15) is 0 Å². The quantitative estimate of drug-likeness (QED) is 0.830. The highest BCUT2D eigenvalue weighted by atomic mass is 32.2. The van der Waals surface area contributed by atoms with Crippen molar-refractivity contribution in [3.8, 4) is 5.75 Å². The molecular formula is C12H16O3S. The van der Waals surface area contributed by atoms with Crippen molar-refractivity contribution in [2.45, 2.75) is 19.1 Å². The van der Waals surface area contributed by atoms with Gasteiger partial charge in [-0.25, -0.2) is 0 Å². The van der Waals surface area contributed by atoms with Gasteiger partial charge in [-0.05, 0) is 23.6 Å². The molecule has 0 aliphatic carbocycles. The topological polar surface area (TPSA) is 46.5 Å². The van der Waals surface area contributed by atoms with Gasteiger partial charge in [0.1, 0.15) is 5.75 Å². The highest BCUT2D eigenvalue weighted by Crippen LogP contribution is 2.22. The number of carbonyl (C=O) groups is 1. The zero-order valence-electron chi connectivity index (χ0n) is 9.53. The molecule has 0 radical (unpaired) electrons. The maximum Gasteiger partial charge on any atom is 0.313 e. The molecule has 1 aromatic rings. The van der Waals surface area contributed by atoms with Crippen LogP contribution >= 0.6 is 11.8 Å². The molecular weight excluding hydrogens is 224 g/mol. The third-order valence-electron chi connectivity index (χ3n) is 2.22. The van der Waals surface area contributed by atoms with Gasteiger partial charge in [0.05, 0.1) is 12.9 Å². The number of carboxylic acids is 1. The Bertz CT molecular complexity index is 363. The predicted molar refractivity (Wildman–Crippen MR) is 66.2 cm³/mol. The average molecular weight is 240 g/mol. The summed E-state index contributed by atoms with van der Waals surface area (Å²) in [7, 11) is 1.66. The lowest BCUT2D eigenvalue weighted by Crippen LogP contribution is -1.98. The molecule has 1 N–H and O–H groups in total. The van der Waals surface area contributed by atoms with Crippen molar-refractivity contribution >= 4 is 17.7 Å². The lowest BCUT2D eigenvalue weighted by molar-refractivity contribution is -0.133. The summed E-state index contributed by atoms with van der Waals surface area (Å²) in [6.45, 7) is 2.08. The summed E-state index contributed by atoms with van der Waals surface area (Å²) in [5.74, 6) is 1.00. The van der Waals surface area contributed by atoms with Crippen molar-refractivity contribution in [2.24, 2.45) is 0 Å². The number of benzene rings is 1. The van der Waals surface area contributed by atoms with E-state index in [-0.39, 0.29) is 5.75 Å². The molecule has 16 heavy (non-hydrogen) atoms. The summed E-state index contributed by atoms with van der Waals surface area (Å²) < 4.78 is 5.23. The molecule has 0 amide bonds. The van der Waals surface area contributed by atoms with Gasteiger partial charge in [0, 0.05) is 5.75 Å². The Morgan fingerprint density at radius 1 is 1.50 bits per heavy atom. The van der Waals surface area contributed by atoms with Crippen LogP contribution in [0.2, 0.25) is 0 Å². The molecule has 0 saturated heterocycles. The zero-order chi connectivity index (χ0) is 12.0. The zero-order valence-corrected chi connectivity index (χ0v) is 10.3. The van der Waals surface area contributed by atoms with E-state index in [2.05, 4.69) is 13.0 Å². The minimum Gasteiger partial charge on any atom is -0.496 e. The van der Waals surface area contributed by atoms with Gasteiger partial charge in [0.25, 0.3) is 0 Å². The molecule has 3 nitrogen and oxygen atoms in total. The van der Waals surface area contributed by atoms with Gasteiger partial charge in [0.15, 0.2) is 0 Å². The van der Waals surface area contributed by atoms with E-state index in [9.17, 15) is 4.79 Å².